The number of rotatable bonds is 3. The van der Waals surface area contributed by atoms with Gasteiger partial charge in [-0.25, -0.2) is 9.50 Å². The van der Waals surface area contributed by atoms with Gasteiger partial charge < -0.3 is 10.5 Å². The molecule has 1 aliphatic heterocycles. The summed E-state index contributed by atoms with van der Waals surface area (Å²) in [6, 6.07) is 10.6. The number of ether oxygens (including phenoxy) is 1. The Labute approximate surface area is 135 Å². The average Bonchev–Trinajstić information content (AvgIpc) is 3.10. The molecule has 23 heavy (non-hydrogen) atoms. The molecular weight excluding hydrogens is 288 g/mol. The molecule has 1 saturated heterocycles. The first-order valence-corrected chi connectivity index (χ1v) is 7.99. The van der Waals surface area contributed by atoms with E-state index < -0.39 is 0 Å². The highest BCUT2D eigenvalue weighted by Crippen LogP contribution is 2.34. The quantitative estimate of drug-likeness (QED) is 0.807. The smallest absolute Gasteiger partial charge is 0.154 e. The van der Waals surface area contributed by atoms with E-state index in [9.17, 15) is 0 Å². The first-order valence-electron chi connectivity index (χ1n) is 7.99. The molecule has 1 aromatic carbocycles. The minimum Gasteiger partial charge on any atom is -0.381 e. The summed E-state index contributed by atoms with van der Waals surface area (Å²) in [5.41, 5.74) is 10.5. The molecule has 5 nitrogen and oxygen atoms in total. The number of nitrogens with zero attached hydrogens (tertiary/aromatic N) is 3. The number of hydrogen-bond acceptors (Lipinski definition) is 4. The van der Waals surface area contributed by atoms with E-state index in [1.165, 1.54) is 5.56 Å². The van der Waals surface area contributed by atoms with Gasteiger partial charge in [0.05, 0.1) is 6.20 Å². The Morgan fingerprint density at radius 2 is 1.87 bits per heavy atom. The van der Waals surface area contributed by atoms with E-state index in [0.29, 0.717) is 6.54 Å². The SMILES string of the molecule is NCC1(c2ccc(-c3cnc4ccnn4c3)cc2)CCOCC1. The van der Waals surface area contributed by atoms with Crippen LogP contribution in [-0.4, -0.2) is 34.4 Å². The predicted octanol–water partition coefficient (Wildman–Crippen LogP) is 2.40. The van der Waals surface area contributed by atoms with Crippen molar-refractivity contribution in [2.24, 2.45) is 5.73 Å². The molecule has 118 valence electrons. The lowest BCUT2D eigenvalue weighted by Gasteiger charge is -2.36. The molecule has 0 amide bonds. The van der Waals surface area contributed by atoms with Crippen LogP contribution in [0.4, 0.5) is 0 Å². The predicted molar refractivity (Wildman–Crippen MR) is 89.2 cm³/mol. The van der Waals surface area contributed by atoms with Crippen molar-refractivity contribution in [2.75, 3.05) is 19.8 Å². The summed E-state index contributed by atoms with van der Waals surface area (Å²) in [5.74, 6) is 0. The van der Waals surface area contributed by atoms with E-state index in [-0.39, 0.29) is 5.41 Å². The van der Waals surface area contributed by atoms with Crippen LogP contribution in [-0.2, 0) is 10.2 Å². The fourth-order valence-electron chi connectivity index (χ4n) is 3.35. The fourth-order valence-corrected chi connectivity index (χ4v) is 3.35. The maximum atomic E-state index is 6.09. The average molecular weight is 308 g/mol. The van der Waals surface area contributed by atoms with Gasteiger partial charge in [0.25, 0.3) is 0 Å². The van der Waals surface area contributed by atoms with Gasteiger partial charge in [-0.3, -0.25) is 0 Å². The third-order valence-corrected chi connectivity index (χ3v) is 4.92. The molecule has 5 heteroatoms. The van der Waals surface area contributed by atoms with Crippen molar-refractivity contribution in [3.63, 3.8) is 0 Å². The number of aromatic nitrogens is 3. The second-order valence-electron chi connectivity index (χ2n) is 6.15. The van der Waals surface area contributed by atoms with Crippen LogP contribution in [0.5, 0.6) is 0 Å². The summed E-state index contributed by atoms with van der Waals surface area (Å²) in [6.45, 7) is 2.24. The normalized spacial score (nSPS) is 17.4. The lowest BCUT2D eigenvalue weighted by molar-refractivity contribution is 0.0530. The highest BCUT2D eigenvalue weighted by atomic mass is 16.5. The number of nitrogens with two attached hydrogens (primary N) is 1. The van der Waals surface area contributed by atoms with Gasteiger partial charge in [-0.2, -0.15) is 5.10 Å². The number of benzene rings is 1. The van der Waals surface area contributed by atoms with Gasteiger partial charge in [0.15, 0.2) is 5.65 Å². The van der Waals surface area contributed by atoms with Crippen molar-refractivity contribution >= 4 is 5.65 Å². The standard InChI is InChI=1S/C18H20N4O/c19-13-18(6-9-23-10-7-18)16-3-1-14(2-4-16)15-11-20-17-5-8-21-22(17)12-15/h1-5,8,11-12H,6-7,9-10,13,19H2. The molecule has 0 radical (unpaired) electrons. The van der Waals surface area contributed by atoms with E-state index in [2.05, 4.69) is 34.3 Å². The van der Waals surface area contributed by atoms with Gasteiger partial charge in [-0.15, -0.1) is 0 Å². The van der Waals surface area contributed by atoms with Crippen molar-refractivity contribution in [2.45, 2.75) is 18.3 Å². The number of fused-ring (bicyclic) bond motifs is 1. The van der Waals surface area contributed by atoms with Gasteiger partial charge >= 0.3 is 0 Å². The summed E-state index contributed by atoms with van der Waals surface area (Å²) in [6.07, 6.45) is 7.63. The van der Waals surface area contributed by atoms with E-state index >= 15 is 0 Å². The van der Waals surface area contributed by atoms with Gasteiger partial charge in [-0.05, 0) is 24.0 Å². The maximum Gasteiger partial charge on any atom is 0.154 e. The Balaban J connectivity index is 1.66. The van der Waals surface area contributed by atoms with Gasteiger partial charge in [0.2, 0.25) is 0 Å². The van der Waals surface area contributed by atoms with E-state index in [4.69, 9.17) is 10.5 Å². The molecule has 2 aromatic heterocycles. The Kier molecular flexibility index (Phi) is 3.59. The first kappa shape index (κ1) is 14.4. The lowest BCUT2D eigenvalue weighted by atomic mass is 9.74. The Morgan fingerprint density at radius 3 is 2.61 bits per heavy atom. The van der Waals surface area contributed by atoms with Crippen molar-refractivity contribution in [1.82, 2.24) is 14.6 Å². The molecule has 0 saturated carbocycles. The summed E-state index contributed by atoms with van der Waals surface area (Å²) in [7, 11) is 0. The lowest BCUT2D eigenvalue weighted by Crippen LogP contribution is -2.40. The Bertz CT molecular complexity index is 803. The largest absolute Gasteiger partial charge is 0.381 e. The molecule has 3 heterocycles. The topological polar surface area (TPSA) is 65.4 Å². The highest BCUT2D eigenvalue weighted by Gasteiger charge is 2.32. The second-order valence-corrected chi connectivity index (χ2v) is 6.15. The van der Waals surface area contributed by atoms with Crippen molar-refractivity contribution in [3.05, 3.63) is 54.5 Å². The zero-order valence-electron chi connectivity index (χ0n) is 13.0. The van der Waals surface area contributed by atoms with Crippen LogP contribution in [0.3, 0.4) is 0 Å². The zero-order valence-corrected chi connectivity index (χ0v) is 13.0. The van der Waals surface area contributed by atoms with Crippen LogP contribution in [0, 0.1) is 0 Å². The number of hydrogen-bond donors (Lipinski definition) is 1. The van der Waals surface area contributed by atoms with Crippen LogP contribution in [0.2, 0.25) is 0 Å². The molecular formula is C18H20N4O. The molecule has 0 bridgehead atoms. The Hall–Kier alpha value is -2.24. The van der Waals surface area contributed by atoms with Crippen molar-refractivity contribution in [3.8, 4) is 11.1 Å². The summed E-state index contributed by atoms with van der Waals surface area (Å²) in [5, 5.41) is 4.24. The minimum atomic E-state index is 0.0565. The molecule has 4 rings (SSSR count). The van der Waals surface area contributed by atoms with Crippen molar-refractivity contribution < 1.29 is 4.74 Å². The molecule has 1 aliphatic rings. The molecule has 1 fully saturated rings. The van der Waals surface area contributed by atoms with Crippen LogP contribution in [0.15, 0.2) is 48.9 Å². The molecule has 0 aliphatic carbocycles. The monoisotopic (exact) mass is 308 g/mol. The third-order valence-electron chi connectivity index (χ3n) is 4.92. The highest BCUT2D eigenvalue weighted by molar-refractivity contribution is 5.63. The van der Waals surface area contributed by atoms with Crippen LogP contribution in [0.25, 0.3) is 16.8 Å². The van der Waals surface area contributed by atoms with Crippen LogP contribution in [0.1, 0.15) is 18.4 Å². The maximum absolute atomic E-state index is 6.09. The summed E-state index contributed by atoms with van der Waals surface area (Å²) >= 11 is 0. The molecule has 0 atom stereocenters. The van der Waals surface area contributed by atoms with E-state index in [1.54, 1.807) is 10.7 Å². The molecule has 0 spiro atoms. The van der Waals surface area contributed by atoms with E-state index in [1.807, 2.05) is 18.5 Å². The second kappa shape index (κ2) is 5.76. The molecule has 2 N–H and O–H groups in total. The first-order chi connectivity index (χ1) is 11.3. The van der Waals surface area contributed by atoms with E-state index in [0.717, 1.165) is 42.8 Å². The Morgan fingerprint density at radius 1 is 1.09 bits per heavy atom. The summed E-state index contributed by atoms with van der Waals surface area (Å²) in [4.78, 5) is 4.42. The zero-order chi connectivity index (χ0) is 15.7. The third kappa shape index (κ3) is 2.52. The van der Waals surface area contributed by atoms with Crippen LogP contribution < -0.4 is 5.73 Å². The fraction of sp³-hybridized carbons (Fsp3) is 0.333. The summed E-state index contributed by atoms with van der Waals surface area (Å²) < 4.78 is 7.30. The van der Waals surface area contributed by atoms with Crippen LogP contribution >= 0.6 is 0 Å². The van der Waals surface area contributed by atoms with Gasteiger partial charge in [0.1, 0.15) is 0 Å². The minimum absolute atomic E-state index is 0.0565. The van der Waals surface area contributed by atoms with Crippen molar-refractivity contribution in [1.29, 1.82) is 0 Å². The molecule has 3 aromatic rings. The molecule has 0 unspecified atom stereocenters. The van der Waals surface area contributed by atoms with Gasteiger partial charge in [-0.1, -0.05) is 24.3 Å². The van der Waals surface area contributed by atoms with Gasteiger partial charge in [0, 0.05) is 49.2 Å².